The normalized spacial score (nSPS) is 17.3. The molecule has 1 saturated heterocycles. The molecule has 0 radical (unpaired) electrons. The molecule has 0 atom stereocenters. The highest BCUT2D eigenvalue weighted by atomic mass is 32.2. The van der Waals surface area contributed by atoms with Crippen LogP contribution in [-0.4, -0.2) is 46.5 Å². The second-order valence-corrected chi connectivity index (χ2v) is 9.37. The minimum atomic E-state index is -0.425. The Labute approximate surface area is 192 Å². The summed E-state index contributed by atoms with van der Waals surface area (Å²) in [7, 11) is 0. The molecule has 0 saturated carbocycles. The molecule has 0 unspecified atom stereocenters. The van der Waals surface area contributed by atoms with Crippen LogP contribution in [0.3, 0.4) is 0 Å². The van der Waals surface area contributed by atoms with Crippen LogP contribution in [0.5, 0.6) is 5.75 Å². The molecule has 2 aliphatic rings. The second-order valence-electron chi connectivity index (χ2n) is 8.38. The van der Waals surface area contributed by atoms with Gasteiger partial charge in [-0.25, -0.2) is 0 Å². The van der Waals surface area contributed by atoms with Crippen molar-refractivity contribution in [1.82, 2.24) is 9.80 Å². The van der Waals surface area contributed by atoms with Crippen molar-refractivity contribution >= 4 is 34.9 Å². The lowest BCUT2D eigenvalue weighted by molar-refractivity contribution is -0.136. The Kier molecular flexibility index (Phi) is 6.65. The maximum atomic E-state index is 12.8. The SMILES string of the molecule is CC(C)COc1ccc(/C=C2\SC(=O)N(CC(=O)N3CCc4ccccc4C3)C2=O)cc1. The number of rotatable bonds is 6. The molecule has 0 aliphatic carbocycles. The maximum Gasteiger partial charge on any atom is 0.294 e. The van der Waals surface area contributed by atoms with E-state index in [1.54, 1.807) is 11.0 Å². The third-order valence-corrected chi connectivity index (χ3v) is 6.32. The molecule has 0 aromatic heterocycles. The zero-order valence-corrected chi connectivity index (χ0v) is 19.1. The van der Waals surface area contributed by atoms with Crippen LogP contribution in [0.15, 0.2) is 53.4 Å². The zero-order chi connectivity index (χ0) is 22.7. The number of carbonyl (C=O) groups is 3. The fourth-order valence-electron chi connectivity index (χ4n) is 3.65. The first-order valence-electron chi connectivity index (χ1n) is 10.7. The Morgan fingerprint density at radius 3 is 2.53 bits per heavy atom. The summed E-state index contributed by atoms with van der Waals surface area (Å²) in [4.78, 5) is 41.1. The van der Waals surface area contributed by atoms with Crippen molar-refractivity contribution in [3.05, 3.63) is 70.1 Å². The van der Waals surface area contributed by atoms with Crippen molar-refractivity contribution in [3.8, 4) is 5.75 Å². The third-order valence-electron chi connectivity index (χ3n) is 5.41. The summed E-state index contributed by atoms with van der Waals surface area (Å²) < 4.78 is 5.67. The van der Waals surface area contributed by atoms with Crippen LogP contribution in [0.4, 0.5) is 4.79 Å². The highest BCUT2D eigenvalue weighted by molar-refractivity contribution is 8.18. The van der Waals surface area contributed by atoms with Crippen molar-refractivity contribution in [3.63, 3.8) is 0 Å². The Bertz CT molecular complexity index is 1060. The average molecular weight is 451 g/mol. The molecule has 2 aromatic rings. The molecular formula is C25H26N2O4S. The van der Waals surface area contributed by atoms with E-state index in [-0.39, 0.29) is 12.5 Å². The van der Waals surface area contributed by atoms with Gasteiger partial charge in [0.25, 0.3) is 11.1 Å². The predicted octanol–water partition coefficient (Wildman–Crippen LogP) is 4.34. The van der Waals surface area contributed by atoms with Crippen molar-refractivity contribution in [1.29, 1.82) is 0 Å². The van der Waals surface area contributed by atoms with Crippen LogP contribution in [-0.2, 0) is 22.6 Å². The molecule has 6 nitrogen and oxygen atoms in total. The van der Waals surface area contributed by atoms with Gasteiger partial charge in [0, 0.05) is 13.1 Å². The molecule has 0 N–H and O–H groups in total. The van der Waals surface area contributed by atoms with Gasteiger partial charge in [0.1, 0.15) is 12.3 Å². The van der Waals surface area contributed by atoms with E-state index < -0.39 is 11.1 Å². The van der Waals surface area contributed by atoms with Crippen molar-refractivity contribution in [2.24, 2.45) is 5.92 Å². The zero-order valence-electron chi connectivity index (χ0n) is 18.2. The van der Waals surface area contributed by atoms with E-state index in [4.69, 9.17) is 4.74 Å². The number of nitrogens with zero attached hydrogens (tertiary/aromatic N) is 2. The Hall–Kier alpha value is -3.06. The van der Waals surface area contributed by atoms with Crippen molar-refractivity contribution in [2.75, 3.05) is 19.7 Å². The van der Waals surface area contributed by atoms with Gasteiger partial charge < -0.3 is 9.64 Å². The molecule has 4 rings (SSSR count). The van der Waals surface area contributed by atoms with Gasteiger partial charge in [0.15, 0.2) is 0 Å². The number of amides is 3. The minimum Gasteiger partial charge on any atom is -0.493 e. The molecule has 2 aromatic carbocycles. The number of benzene rings is 2. The Morgan fingerprint density at radius 2 is 1.81 bits per heavy atom. The number of hydrogen-bond acceptors (Lipinski definition) is 5. The van der Waals surface area contributed by atoms with E-state index >= 15 is 0 Å². The summed E-state index contributed by atoms with van der Waals surface area (Å²) in [6.45, 7) is 5.67. The van der Waals surface area contributed by atoms with Gasteiger partial charge in [0.05, 0.1) is 11.5 Å². The van der Waals surface area contributed by atoms with E-state index in [9.17, 15) is 14.4 Å². The minimum absolute atomic E-state index is 0.213. The quantitative estimate of drug-likeness (QED) is 0.613. The highest BCUT2D eigenvalue weighted by Gasteiger charge is 2.37. The van der Waals surface area contributed by atoms with Gasteiger partial charge in [-0.1, -0.05) is 50.2 Å². The number of hydrogen-bond donors (Lipinski definition) is 0. The predicted molar refractivity (Wildman–Crippen MR) is 125 cm³/mol. The summed E-state index contributed by atoms with van der Waals surface area (Å²) in [6, 6.07) is 15.4. The van der Waals surface area contributed by atoms with Crippen LogP contribution in [0.1, 0.15) is 30.5 Å². The van der Waals surface area contributed by atoms with Crippen molar-refractivity contribution in [2.45, 2.75) is 26.8 Å². The lowest BCUT2D eigenvalue weighted by Crippen LogP contribution is -2.44. The van der Waals surface area contributed by atoms with Crippen LogP contribution in [0.2, 0.25) is 0 Å². The van der Waals surface area contributed by atoms with Crippen LogP contribution < -0.4 is 4.74 Å². The third kappa shape index (κ3) is 5.05. The van der Waals surface area contributed by atoms with E-state index in [0.29, 0.717) is 30.5 Å². The summed E-state index contributed by atoms with van der Waals surface area (Å²) in [5.41, 5.74) is 3.15. The summed E-state index contributed by atoms with van der Waals surface area (Å²) >= 11 is 0.869. The average Bonchev–Trinajstić information content (AvgIpc) is 3.05. The smallest absolute Gasteiger partial charge is 0.294 e. The Balaban J connectivity index is 1.39. The largest absolute Gasteiger partial charge is 0.493 e. The van der Waals surface area contributed by atoms with E-state index in [1.807, 2.05) is 42.5 Å². The first kappa shape index (κ1) is 22.1. The second kappa shape index (κ2) is 9.61. The van der Waals surface area contributed by atoms with E-state index in [2.05, 4.69) is 19.9 Å². The van der Waals surface area contributed by atoms with Gasteiger partial charge in [0.2, 0.25) is 5.91 Å². The molecule has 0 spiro atoms. The number of fused-ring (bicyclic) bond motifs is 1. The first-order chi connectivity index (χ1) is 15.4. The molecule has 7 heteroatoms. The molecule has 2 heterocycles. The molecule has 32 heavy (non-hydrogen) atoms. The van der Waals surface area contributed by atoms with Gasteiger partial charge in [-0.2, -0.15) is 0 Å². The molecule has 3 amide bonds. The molecule has 1 fully saturated rings. The maximum absolute atomic E-state index is 12.8. The van der Waals surface area contributed by atoms with Gasteiger partial charge in [-0.3, -0.25) is 19.3 Å². The number of thioether (sulfide) groups is 1. The molecule has 2 aliphatic heterocycles. The lowest BCUT2D eigenvalue weighted by Gasteiger charge is -2.29. The van der Waals surface area contributed by atoms with Gasteiger partial charge >= 0.3 is 0 Å². The topological polar surface area (TPSA) is 66.9 Å². The lowest BCUT2D eigenvalue weighted by atomic mass is 10.00. The van der Waals surface area contributed by atoms with Crippen molar-refractivity contribution < 1.29 is 19.1 Å². The van der Waals surface area contributed by atoms with E-state index in [1.165, 1.54) is 5.56 Å². The first-order valence-corrected chi connectivity index (χ1v) is 11.5. The van der Waals surface area contributed by atoms with Gasteiger partial charge in [-0.15, -0.1) is 0 Å². The summed E-state index contributed by atoms with van der Waals surface area (Å²) in [5, 5.41) is -0.413. The molecular weight excluding hydrogens is 424 g/mol. The van der Waals surface area contributed by atoms with E-state index in [0.717, 1.165) is 40.0 Å². The van der Waals surface area contributed by atoms with Crippen LogP contribution in [0.25, 0.3) is 6.08 Å². The summed E-state index contributed by atoms with van der Waals surface area (Å²) in [6.07, 6.45) is 2.46. The summed E-state index contributed by atoms with van der Waals surface area (Å²) in [5.74, 6) is 0.557. The monoisotopic (exact) mass is 450 g/mol. The standard InChI is InChI=1S/C25H26N2O4S/c1-17(2)16-31-21-9-7-18(8-10-21)13-22-24(29)27(25(30)32-22)15-23(28)26-12-11-19-5-3-4-6-20(19)14-26/h3-10,13,17H,11-12,14-16H2,1-2H3/b22-13-. The Morgan fingerprint density at radius 1 is 1.09 bits per heavy atom. The van der Waals surface area contributed by atoms with Crippen LogP contribution in [0, 0.1) is 5.92 Å². The number of imide groups is 1. The van der Waals surface area contributed by atoms with Gasteiger partial charge in [-0.05, 0) is 59.0 Å². The fourth-order valence-corrected chi connectivity index (χ4v) is 4.49. The fraction of sp³-hybridized carbons (Fsp3) is 0.320. The van der Waals surface area contributed by atoms with Crippen LogP contribution >= 0.6 is 11.8 Å². The molecule has 166 valence electrons. The number of carbonyl (C=O) groups excluding carboxylic acids is 3. The molecule has 0 bridgehead atoms. The number of ether oxygens (including phenoxy) is 1. The highest BCUT2D eigenvalue weighted by Crippen LogP contribution is 2.32.